The topological polar surface area (TPSA) is 38.8 Å². The highest BCUT2D eigenvalue weighted by atomic mass is 16.2. The van der Waals surface area contributed by atoms with Crippen LogP contribution in [-0.2, 0) is 4.79 Å². The van der Waals surface area contributed by atoms with Crippen LogP contribution in [0.25, 0.3) is 6.08 Å². The minimum absolute atomic E-state index is 0.282. The fraction of sp³-hybridized carbons (Fsp3) is 0.571. The lowest BCUT2D eigenvalue weighted by molar-refractivity contribution is -0.132. The monoisotopic (exact) mass is 358 g/mol. The average molecular weight is 359 g/mol. The number of carbonyl (C=O) groups excluding carboxylic acids is 1. The van der Waals surface area contributed by atoms with Gasteiger partial charge in [-0.1, -0.05) is 42.5 Å². The number of carbonyl (C=O) groups is 1. The first-order valence-electron chi connectivity index (χ1n) is 9.72. The van der Waals surface area contributed by atoms with Gasteiger partial charge in [-0.2, -0.15) is 0 Å². The summed E-state index contributed by atoms with van der Waals surface area (Å²) < 4.78 is 0. The van der Waals surface area contributed by atoms with E-state index in [1.54, 1.807) is 0 Å². The van der Waals surface area contributed by atoms with E-state index in [1.807, 2.05) is 11.0 Å². The van der Waals surface area contributed by atoms with Gasteiger partial charge < -0.3 is 15.1 Å². The quantitative estimate of drug-likeness (QED) is 0.647. The summed E-state index contributed by atoms with van der Waals surface area (Å²) in [6.07, 6.45) is 6.11. The fourth-order valence-corrected chi connectivity index (χ4v) is 3.08. The Kier molecular flexibility index (Phi) is 9.39. The van der Waals surface area contributed by atoms with E-state index < -0.39 is 0 Å². The molecule has 1 saturated heterocycles. The van der Waals surface area contributed by atoms with Crippen LogP contribution >= 0.6 is 0 Å². The Morgan fingerprint density at radius 3 is 2.54 bits per heavy atom. The van der Waals surface area contributed by atoms with Crippen molar-refractivity contribution in [3.63, 3.8) is 0 Å². The number of nitrogens with zero attached hydrogens (tertiary/aromatic N) is 3. The molecule has 1 heterocycles. The van der Waals surface area contributed by atoms with E-state index in [1.165, 1.54) is 5.56 Å². The van der Waals surface area contributed by atoms with Gasteiger partial charge in [-0.25, -0.2) is 0 Å². The molecule has 5 nitrogen and oxygen atoms in total. The fourth-order valence-electron chi connectivity index (χ4n) is 3.08. The van der Waals surface area contributed by atoms with Gasteiger partial charge in [0.2, 0.25) is 5.91 Å². The molecule has 1 amide bonds. The third kappa shape index (κ3) is 8.13. The molecule has 0 radical (unpaired) electrons. The van der Waals surface area contributed by atoms with Crippen LogP contribution in [0.1, 0.15) is 18.4 Å². The Hall–Kier alpha value is -1.69. The van der Waals surface area contributed by atoms with Crippen molar-refractivity contribution in [2.75, 3.05) is 66.5 Å². The van der Waals surface area contributed by atoms with E-state index in [0.717, 1.165) is 58.8 Å². The lowest BCUT2D eigenvalue weighted by Crippen LogP contribution is -2.49. The molecule has 0 unspecified atom stereocenters. The lowest BCUT2D eigenvalue weighted by atomic mass is 10.2. The molecule has 0 aromatic heterocycles. The predicted molar refractivity (Wildman–Crippen MR) is 109 cm³/mol. The Morgan fingerprint density at radius 1 is 1.12 bits per heavy atom. The zero-order valence-electron chi connectivity index (χ0n) is 16.4. The standard InChI is InChI=1S/C21H34N4O/c1-23(2)14-7-12-22-13-11-21(26)25-18-16-24(17-19-25)15-6-10-20-8-4-3-5-9-20/h3-6,8-10,22H,7,11-19H2,1-2H3/b10-6+. The molecule has 2 rings (SSSR count). The van der Waals surface area contributed by atoms with Crippen LogP contribution in [0.3, 0.4) is 0 Å². The van der Waals surface area contributed by atoms with E-state index in [0.29, 0.717) is 6.42 Å². The molecular weight excluding hydrogens is 324 g/mol. The van der Waals surface area contributed by atoms with Crippen LogP contribution in [-0.4, -0.2) is 87.1 Å². The van der Waals surface area contributed by atoms with Gasteiger partial charge in [0, 0.05) is 45.7 Å². The Labute approximate surface area is 158 Å². The Morgan fingerprint density at radius 2 is 1.85 bits per heavy atom. The third-order valence-electron chi connectivity index (χ3n) is 4.67. The first-order chi connectivity index (χ1) is 12.6. The van der Waals surface area contributed by atoms with E-state index in [9.17, 15) is 4.79 Å². The summed E-state index contributed by atoms with van der Waals surface area (Å²) in [5.74, 6) is 0.282. The summed E-state index contributed by atoms with van der Waals surface area (Å²) in [5.41, 5.74) is 1.24. The molecule has 144 valence electrons. The van der Waals surface area contributed by atoms with Crippen LogP contribution in [0.15, 0.2) is 36.4 Å². The van der Waals surface area contributed by atoms with Crippen molar-refractivity contribution in [3.8, 4) is 0 Å². The SMILES string of the molecule is CN(C)CCCNCCC(=O)N1CCN(C/C=C/c2ccccc2)CC1. The van der Waals surface area contributed by atoms with E-state index in [4.69, 9.17) is 0 Å². The smallest absolute Gasteiger partial charge is 0.223 e. The molecule has 1 aromatic rings. The van der Waals surface area contributed by atoms with Crippen LogP contribution in [0.5, 0.6) is 0 Å². The van der Waals surface area contributed by atoms with Gasteiger partial charge >= 0.3 is 0 Å². The van der Waals surface area contributed by atoms with Crippen molar-refractivity contribution in [2.24, 2.45) is 0 Å². The highest BCUT2D eigenvalue weighted by molar-refractivity contribution is 5.76. The molecule has 1 N–H and O–H groups in total. The van der Waals surface area contributed by atoms with Crippen LogP contribution in [0.2, 0.25) is 0 Å². The first-order valence-corrected chi connectivity index (χ1v) is 9.72. The van der Waals surface area contributed by atoms with Gasteiger partial charge in [-0.3, -0.25) is 9.69 Å². The minimum atomic E-state index is 0.282. The van der Waals surface area contributed by atoms with Crippen molar-refractivity contribution in [3.05, 3.63) is 42.0 Å². The van der Waals surface area contributed by atoms with Gasteiger partial charge in [0.25, 0.3) is 0 Å². The molecule has 0 spiro atoms. The second-order valence-corrected chi connectivity index (χ2v) is 7.15. The van der Waals surface area contributed by atoms with Crippen molar-refractivity contribution in [2.45, 2.75) is 12.8 Å². The van der Waals surface area contributed by atoms with Gasteiger partial charge in [-0.15, -0.1) is 0 Å². The number of benzene rings is 1. The summed E-state index contributed by atoms with van der Waals surface area (Å²) in [5, 5.41) is 3.37. The molecule has 26 heavy (non-hydrogen) atoms. The second kappa shape index (κ2) is 11.8. The maximum atomic E-state index is 12.3. The number of hydrogen-bond donors (Lipinski definition) is 1. The van der Waals surface area contributed by atoms with Gasteiger partial charge in [-0.05, 0) is 39.2 Å². The molecule has 0 atom stereocenters. The average Bonchev–Trinajstić information content (AvgIpc) is 2.65. The first kappa shape index (κ1) is 20.6. The van der Waals surface area contributed by atoms with Gasteiger partial charge in [0.05, 0.1) is 0 Å². The molecule has 1 fully saturated rings. The number of hydrogen-bond acceptors (Lipinski definition) is 4. The number of rotatable bonds is 10. The zero-order valence-corrected chi connectivity index (χ0v) is 16.4. The number of piperazine rings is 1. The lowest BCUT2D eigenvalue weighted by Gasteiger charge is -2.34. The summed E-state index contributed by atoms with van der Waals surface area (Å²) in [7, 11) is 4.17. The van der Waals surface area contributed by atoms with E-state index in [2.05, 4.69) is 65.6 Å². The van der Waals surface area contributed by atoms with Crippen LogP contribution in [0.4, 0.5) is 0 Å². The van der Waals surface area contributed by atoms with E-state index >= 15 is 0 Å². The Balaban J connectivity index is 1.56. The summed E-state index contributed by atoms with van der Waals surface area (Å²) in [4.78, 5) is 18.9. The number of nitrogens with one attached hydrogen (secondary N) is 1. The molecule has 5 heteroatoms. The zero-order chi connectivity index (χ0) is 18.6. The van der Waals surface area contributed by atoms with Gasteiger partial charge in [0.1, 0.15) is 0 Å². The highest BCUT2D eigenvalue weighted by Crippen LogP contribution is 2.05. The summed E-state index contributed by atoms with van der Waals surface area (Å²) in [6, 6.07) is 10.4. The largest absolute Gasteiger partial charge is 0.340 e. The summed E-state index contributed by atoms with van der Waals surface area (Å²) >= 11 is 0. The molecule has 0 saturated carbocycles. The molecule has 1 aliphatic heterocycles. The van der Waals surface area contributed by atoms with Crippen molar-refractivity contribution >= 4 is 12.0 Å². The predicted octanol–water partition coefficient (Wildman–Crippen LogP) is 1.78. The van der Waals surface area contributed by atoms with Crippen LogP contribution in [0, 0.1) is 0 Å². The molecule has 1 aliphatic rings. The second-order valence-electron chi connectivity index (χ2n) is 7.15. The molecule has 1 aromatic carbocycles. The minimum Gasteiger partial charge on any atom is -0.340 e. The van der Waals surface area contributed by atoms with Crippen LogP contribution < -0.4 is 5.32 Å². The highest BCUT2D eigenvalue weighted by Gasteiger charge is 2.19. The van der Waals surface area contributed by atoms with E-state index in [-0.39, 0.29) is 5.91 Å². The maximum absolute atomic E-state index is 12.3. The number of amides is 1. The Bertz CT molecular complexity index is 536. The van der Waals surface area contributed by atoms with Gasteiger partial charge in [0.15, 0.2) is 0 Å². The normalized spacial score (nSPS) is 15.9. The molecular formula is C21H34N4O. The van der Waals surface area contributed by atoms with Crippen molar-refractivity contribution in [1.82, 2.24) is 20.0 Å². The molecule has 0 aliphatic carbocycles. The van der Waals surface area contributed by atoms with Crippen molar-refractivity contribution in [1.29, 1.82) is 0 Å². The summed E-state index contributed by atoms with van der Waals surface area (Å²) in [6.45, 7) is 7.41. The van der Waals surface area contributed by atoms with Crippen molar-refractivity contribution < 1.29 is 4.79 Å². The molecule has 0 bridgehead atoms. The third-order valence-corrected chi connectivity index (χ3v) is 4.67. The maximum Gasteiger partial charge on any atom is 0.223 e.